The average Bonchev–Trinajstić information content (AvgIpc) is 3.37. The minimum absolute atomic E-state index is 0.00348. The van der Waals surface area contributed by atoms with Gasteiger partial charge in [0, 0.05) is 35.9 Å². The predicted octanol–water partition coefficient (Wildman–Crippen LogP) is 6.78. The minimum atomic E-state index is -5.03. The number of anilines is 1. The summed E-state index contributed by atoms with van der Waals surface area (Å²) in [5.74, 6) is -0.917. The molecule has 3 heterocycles. The summed E-state index contributed by atoms with van der Waals surface area (Å²) in [5, 5.41) is 13.4. The second-order valence-electron chi connectivity index (χ2n) is 10.9. The van der Waals surface area contributed by atoms with Gasteiger partial charge in [0.15, 0.2) is 0 Å². The lowest BCUT2D eigenvalue weighted by molar-refractivity contribution is -0.147. The van der Waals surface area contributed by atoms with Crippen molar-refractivity contribution in [3.05, 3.63) is 65.4 Å². The monoisotopic (exact) mass is 596 g/mol. The van der Waals surface area contributed by atoms with Gasteiger partial charge >= 0.3 is 24.4 Å². The highest BCUT2D eigenvalue weighted by molar-refractivity contribution is 5.89. The van der Waals surface area contributed by atoms with Gasteiger partial charge in [0.05, 0.1) is 11.1 Å². The number of nitrogens with one attached hydrogen (secondary N) is 2. The van der Waals surface area contributed by atoms with Gasteiger partial charge in [-0.15, -0.1) is 0 Å². The number of aromatic amines is 1. The molecule has 2 saturated heterocycles. The van der Waals surface area contributed by atoms with E-state index in [2.05, 4.69) is 16.4 Å². The van der Waals surface area contributed by atoms with E-state index in [0.717, 1.165) is 23.7 Å². The molecule has 1 aromatic heterocycles. The Morgan fingerprint density at radius 3 is 2.05 bits per heavy atom. The number of piperidine rings is 2. The van der Waals surface area contributed by atoms with Gasteiger partial charge in [0.1, 0.15) is 6.04 Å². The highest BCUT2D eigenvalue weighted by Gasteiger charge is 2.40. The number of hydrogen-bond acceptors (Lipinski definition) is 3. The number of hydrogen-bond donors (Lipinski definition) is 3. The van der Waals surface area contributed by atoms with Crippen LogP contribution in [-0.4, -0.2) is 64.1 Å². The number of amides is 2. The van der Waals surface area contributed by atoms with E-state index in [-0.39, 0.29) is 25.1 Å². The van der Waals surface area contributed by atoms with Crippen molar-refractivity contribution >= 4 is 28.6 Å². The standard InChI is InChI=1S/C29H30F6N4O3/c30-28(31,32)19-13-20(29(33,34)35)15-21(14-19)37-27(42)39-11-7-18(8-12-39)25(26(40)41)38-9-5-17(6-10-38)23-16-36-24-4-2-1-3-22(23)24/h1-4,13-18,25,36H,5-12H2,(H,37,42)(H,40,41). The fraction of sp³-hybridized carbons (Fsp3) is 0.448. The molecule has 2 aliphatic rings. The topological polar surface area (TPSA) is 88.7 Å². The molecule has 0 radical (unpaired) electrons. The summed E-state index contributed by atoms with van der Waals surface area (Å²) in [4.78, 5) is 31.7. The molecule has 0 aliphatic carbocycles. The molecule has 2 aromatic carbocycles. The first-order valence-electron chi connectivity index (χ1n) is 13.7. The number of carbonyl (C=O) groups excluding carboxylic acids is 1. The largest absolute Gasteiger partial charge is 0.480 e. The van der Waals surface area contributed by atoms with Crippen molar-refractivity contribution in [2.24, 2.45) is 5.92 Å². The first-order valence-corrected chi connectivity index (χ1v) is 13.7. The number of carboxylic acid groups (broad SMARTS) is 1. The molecule has 0 saturated carbocycles. The Balaban J connectivity index is 1.20. The van der Waals surface area contributed by atoms with Gasteiger partial charge in [0.2, 0.25) is 0 Å². The van der Waals surface area contributed by atoms with Gasteiger partial charge in [0.25, 0.3) is 0 Å². The van der Waals surface area contributed by atoms with Crippen molar-refractivity contribution in [1.82, 2.24) is 14.8 Å². The summed E-state index contributed by atoms with van der Waals surface area (Å²) in [5.41, 5.74) is -1.39. The molecular weight excluding hydrogens is 566 g/mol. The molecule has 2 fully saturated rings. The number of carboxylic acids is 1. The van der Waals surface area contributed by atoms with Gasteiger partial charge in [-0.2, -0.15) is 26.3 Å². The van der Waals surface area contributed by atoms with Crippen LogP contribution in [0.3, 0.4) is 0 Å². The number of likely N-dealkylation sites (tertiary alicyclic amines) is 2. The van der Waals surface area contributed by atoms with E-state index in [9.17, 15) is 41.0 Å². The lowest BCUT2D eigenvalue weighted by Crippen LogP contribution is -2.52. The van der Waals surface area contributed by atoms with Crippen molar-refractivity contribution in [2.45, 2.75) is 50.0 Å². The van der Waals surface area contributed by atoms with Crippen LogP contribution in [0, 0.1) is 5.92 Å². The highest BCUT2D eigenvalue weighted by atomic mass is 19.4. The van der Waals surface area contributed by atoms with Gasteiger partial charge < -0.3 is 20.3 Å². The van der Waals surface area contributed by atoms with Gasteiger partial charge in [-0.3, -0.25) is 9.69 Å². The predicted molar refractivity (Wildman–Crippen MR) is 143 cm³/mol. The zero-order valence-corrected chi connectivity index (χ0v) is 22.4. The second kappa shape index (κ2) is 11.5. The summed E-state index contributed by atoms with van der Waals surface area (Å²) in [6, 6.07) is 7.36. The molecule has 0 bridgehead atoms. The van der Waals surface area contributed by atoms with E-state index in [0.29, 0.717) is 44.0 Å². The number of fused-ring (bicyclic) bond motifs is 1. The van der Waals surface area contributed by atoms with Crippen molar-refractivity contribution in [3.63, 3.8) is 0 Å². The molecule has 5 rings (SSSR count). The molecule has 7 nitrogen and oxygen atoms in total. The number of para-hydroxylation sites is 1. The highest BCUT2D eigenvalue weighted by Crippen LogP contribution is 2.38. The molecule has 0 spiro atoms. The van der Waals surface area contributed by atoms with Crippen LogP contribution in [0.2, 0.25) is 0 Å². The Morgan fingerprint density at radius 2 is 1.48 bits per heavy atom. The molecule has 1 unspecified atom stereocenters. The molecule has 3 aromatic rings. The summed E-state index contributed by atoms with van der Waals surface area (Å²) >= 11 is 0. The Labute approximate surface area is 237 Å². The van der Waals surface area contributed by atoms with Gasteiger partial charge in [-0.25, -0.2) is 4.79 Å². The van der Waals surface area contributed by atoms with Crippen molar-refractivity contribution < 1.29 is 41.0 Å². The van der Waals surface area contributed by atoms with Crippen LogP contribution >= 0.6 is 0 Å². The molecule has 2 aliphatic heterocycles. The van der Waals surface area contributed by atoms with E-state index >= 15 is 0 Å². The maximum absolute atomic E-state index is 13.2. The molecular formula is C29H30F6N4O3. The van der Waals surface area contributed by atoms with E-state index in [4.69, 9.17) is 0 Å². The third-order valence-corrected chi connectivity index (χ3v) is 8.35. The number of nitrogens with zero attached hydrogens (tertiary/aromatic N) is 2. The first kappa shape index (κ1) is 29.7. The summed E-state index contributed by atoms with van der Waals surface area (Å²) < 4.78 is 79.1. The number of rotatable bonds is 5. The van der Waals surface area contributed by atoms with E-state index < -0.39 is 47.2 Å². The number of aliphatic carboxylic acids is 1. The van der Waals surface area contributed by atoms with E-state index in [1.165, 1.54) is 10.5 Å². The van der Waals surface area contributed by atoms with Gasteiger partial charge in [-0.1, -0.05) is 18.2 Å². The second-order valence-corrected chi connectivity index (χ2v) is 10.9. The lowest BCUT2D eigenvalue weighted by Gasteiger charge is -2.41. The SMILES string of the molecule is O=C(O)C(C1CCN(C(=O)Nc2cc(C(F)(F)F)cc(C(F)(F)F)c2)CC1)N1CCC(c2c[nH]c3ccccc23)CC1. The number of benzene rings is 2. The smallest absolute Gasteiger partial charge is 0.416 e. The Bertz CT molecular complexity index is 1400. The maximum atomic E-state index is 13.2. The Morgan fingerprint density at radius 1 is 0.881 bits per heavy atom. The lowest BCUT2D eigenvalue weighted by atomic mass is 9.84. The number of halogens is 6. The first-order chi connectivity index (χ1) is 19.8. The third kappa shape index (κ3) is 6.35. The Kier molecular flexibility index (Phi) is 8.15. The number of alkyl halides is 6. The van der Waals surface area contributed by atoms with Crippen molar-refractivity contribution in [1.29, 1.82) is 0 Å². The van der Waals surface area contributed by atoms with Crippen LogP contribution in [0.4, 0.5) is 36.8 Å². The zero-order valence-electron chi connectivity index (χ0n) is 22.4. The average molecular weight is 597 g/mol. The Hall–Kier alpha value is -3.74. The molecule has 226 valence electrons. The van der Waals surface area contributed by atoms with Crippen LogP contribution in [0.1, 0.15) is 48.3 Å². The van der Waals surface area contributed by atoms with Crippen molar-refractivity contribution in [3.8, 4) is 0 Å². The molecule has 1 atom stereocenters. The summed E-state index contributed by atoms with van der Waals surface area (Å²) in [6.45, 7) is 1.44. The normalized spacial score (nSPS) is 18.8. The summed E-state index contributed by atoms with van der Waals surface area (Å²) in [7, 11) is 0. The number of H-pyrrole nitrogens is 1. The molecule has 13 heteroatoms. The number of carbonyl (C=O) groups is 2. The molecule has 3 N–H and O–H groups in total. The third-order valence-electron chi connectivity index (χ3n) is 8.35. The molecule has 2 amide bonds. The fourth-order valence-corrected chi connectivity index (χ4v) is 6.22. The quantitative estimate of drug-likeness (QED) is 0.283. The maximum Gasteiger partial charge on any atom is 0.416 e. The zero-order chi connectivity index (χ0) is 30.2. The summed E-state index contributed by atoms with van der Waals surface area (Å²) in [6.07, 6.45) is -5.78. The van der Waals surface area contributed by atoms with Crippen LogP contribution < -0.4 is 5.32 Å². The number of urea groups is 1. The van der Waals surface area contributed by atoms with Crippen LogP contribution in [-0.2, 0) is 17.1 Å². The minimum Gasteiger partial charge on any atom is -0.480 e. The van der Waals surface area contributed by atoms with Crippen LogP contribution in [0.25, 0.3) is 10.9 Å². The van der Waals surface area contributed by atoms with Gasteiger partial charge in [-0.05, 0) is 80.4 Å². The van der Waals surface area contributed by atoms with Crippen molar-refractivity contribution in [2.75, 3.05) is 31.5 Å². The van der Waals surface area contributed by atoms with E-state index in [1.54, 1.807) is 0 Å². The van der Waals surface area contributed by atoms with E-state index in [1.807, 2.05) is 29.3 Å². The van der Waals surface area contributed by atoms with Crippen LogP contribution in [0.15, 0.2) is 48.7 Å². The molecule has 42 heavy (non-hydrogen) atoms. The fourth-order valence-electron chi connectivity index (χ4n) is 6.22. The number of aromatic nitrogens is 1. The van der Waals surface area contributed by atoms with Crippen LogP contribution in [0.5, 0.6) is 0 Å².